The summed E-state index contributed by atoms with van der Waals surface area (Å²) in [7, 11) is 0. The van der Waals surface area contributed by atoms with E-state index in [1.54, 1.807) is 32.2 Å². The highest BCUT2D eigenvalue weighted by Crippen LogP contribution is 2.49. The summed E-state index contributed by atoms with van der Waals surface area (Å²) in [6.07, 6.45) is 4.48. The number of halogens is 2. The molecule has 3 aromatic rings. The first-order valence-corrected chi connectivity index (χ1v) is 14.3. The summed E-state index contributed by atoms with van der Waals surface area (Å²) in [5.41, 5.74) is 1.70. The molecule has 2 aromatic carbocycles. The fraction of sp³-hybridized carbons (Fsp3) is 0.419. The molecule has 0 bridgehead atoms. The maximum atomic E-state index is 14.8. The smallest absolute Gasteiger partial charge is 0.339 e. The summed E-state index contributed by atoms with van der Waals surface area (Å²) >= 11 is 5.96. The number of fused-ring (bicyclic) bond motifs is 1. The van der Waals surface area contributed by atoms with E-state index < -0.39 is 17.6 Å². The first-order valence-electron chi connectivity index (χ1n) is 13.9. The molecule has 0 aliphatic carbocycles. The van der Waals surface area contributed by atoms with Gasteiger partial charge >= 0.3 is 5.97 Å². The number of esters is 1. The van der Waals surface area contributed by atoms with E-state index in [9.17, 15) is 9.18 Å². The average Bonchev–Trinajstić information content (AvgIpc) is 3.46. The van der Waals surface area contributed by atoms with E-state index in [0.717, 1.165) is 50.3 Å². The number of carbonyl (C=O) groups is 1. The molecule has 3 aliphatic heterocycles. The van der Waals surface area contributed by atoms with Gasteiger partial charge in [-0.15, -0.1) is 0 Å². The van der Waals surface area contributed by atoms with Gasteiger partial charge in [0.05, 0.1) is 31.0 Å². The van der Waals surface area contributed by atoms with Gasteiger partial charge in [-0.1, -0.05) is 30.3 Å². The number of ether oxygens (including phenoxy) is 4. The number of carbonyl (C=O) groups excluding carboxylic acids is 1. The van der Waals surface area contributed by atoms with Crippen molar-refractivity contribution in [2.24, 2.45) is 0 Å². The van der Waals surface area contributed by atoms with Crippen LogP contribution in [0, 0.1) is 5.82 Å². The van der Waals surface area contributed by atoms with Crippen molar-refractivity contribution in [1.82, 2.24) is 14.5 Å². The minimum atomic E-state index is -1.28. The van der Waals surface area contributed by atoms with Crippen molar-refractivity contribution in [1.29, 1.82) is 0 Å². The molecule has 10 heteroatoms. The van der Waals surface area contributed by atoms with Gasteiger partial charge in [-0.2, -0.15) is 0 Å². The SMILES string of the molecule is C=C(C)C(=O)Oc1cnc(CN2CCC(c3cccc4c3OC(C)(c3ccc(Cl)cc3F)O4)CC2)n1C[C@@H]1CCO1. The van der Waals surface area contributed by atoms with Crippen molar-refractivity contribution in [3.63, 3.8) is 0 Å². The van der Waals surface area contributed by atoms with Gasteiger partial charge in [0.2, 0.25) is 5.88 Å². The summed E-state index contributed by atoms with van der Waals surface area (Å²) in [4.78, 5) is 19.1. The lowest BCUT2D eigenvalue weighted by molar-refractivity contribution is -0.130. The van der Waals surface area contributed by atoms with Crippen LogP contribution in [-0.4, -0.2) is 46.2 Å². The maximum absolute atomic E-state index is 14.8. The van der Waals surface area contributed by atoms with E-state index in [-0.39, 0.29) is 12.0 Å². The standard InChI is InChI=1S/C31H33ClFN3O5/c1-19(2)30(37)39-28-16-34-27(36(28)17-22-11-14-38-22)18-35-12-9-20(10-13-35)23-5-4-6-26-29(23)41-31(3,40-26)24-8-7-21(32)15-25(24)33/h4-8,15-16,20,22H,1,9-14,17-18H2,2-3H3/t22-,31?/m0/s1. The fourth-order valence-electron chi connectivity index (χ4n) is 5.65. The van der Waals surface area contributed by atoms with Gasteiger partial charge in [0.1, 0.15) is 11.6 Å². The first kappa shape index (κ1) is 27.8. The Bertz CT molecular complexity index is 1480. The van der Waals surface area contributed by atoms with Crippen LogP contribution in [0.15, 0.2) is 54.7 Å². The molecule has 1 aromatic heterocycles. The Morgan fingerprint density at radius 1 is 1.22 bits per heavy atom. The zero-order valence-electron chi connectivity index (χ0n) is 23.2. The highest BCUT2D eigenvalue weighted by Gasteiger charge is 2.43. The van der Waals surface area contributed by atoms with Crippen molar-refractivity contribution in [3.05, 3.63) is 82.5 Å². The summed E-state index contributed by atoms with van der Waals surface area (Å²) in [5, 5.41) is 0.320. The van der Waals surface area contributed by atoms with Gasteiger partial charge in [0.15, 0.2) is 11.5 Å². The van der Waals surface area contributed by atoms with E-state index in [2.05, 4.69) is 22.5 Å². The summed E-state index contributed by atoms with van der Waals surface area (Å²) in [6, 6.07) is 10.4. The molecule has 2 atom stereocenters. The van der Waals surface area contributed by atoms with Crippen LogP contribution in [0.5, 0.6) is 17.4 Å². The second-order valence-corrected chi connectivity index (χ2v) is 11.5. The van der Waals surface area contributed by atoms with Crippen LogP contribution in [0.1, 0.15) is 56.0 Å². The van der Waals surface area contributed by atoms with E-state index in [0.29, 0.717) is 46.6 Å². The summed E-state index contributed by atoms with van der Waals surface area (Å²) < 4.78 is 40.4. The Kier molecular flexibility index (Phi) is 7.52. The Morgan fingerprint density at radius 3 is 2.68 bits per heavy atom. The molecule has 0 amide bonds. The molecule has 0 radical (unpaired) electrons. The normalized spacial score (nSPS) is 22.4. The molecule has 6 rings (SSSR count). The zero-order chi connectivity index (χ0) is 28.7. The second kappa shape index (κ2) is 11.1. The minimum Gasteiger partial charge on any atom is -0.444 e. The number of imidazole rings is 1. The molecule has 0 N–H and O–H groups in total. The van der Waals surface area contributed by atoms with Gasteiger partial charge < -0.3 is 18.9 Å². The number of rotatable bonds is 8. The molecule has 8 nitrogen and oxygen atoms in total. The highest BCUT2D eigenvalue weighted by molar-refractivity contribution is 6.30. The molecule has 2 fully saturated rings. The molecule has 216 valence electrons. The van der Waals surface area contributed by atoms with Gasteiger partial charge in [-0.05, 0) is 69.5 Å². The van der Waals surface area contributed by atoms with Crippen molar-refractivity contribution in [3.8, 4) is 17.4 Å². The number of hydrogen-bond donors (Lipinski definition) is 0. The van der Waals surface area contributed by atoms with Gasteiger partial charge in [-0.3, -0.25) is 9.47 Å². The lowest BCUT2D eigenvalue weighted by Crippen LogP contribution is -2.35. The van der Waals surface area contributed by atoms with Crippen LogP contribution in [0.3, 0.4) is 0 Å². The third kappa shape index (κ3) is 5.58. The Hall–Kier alpha value is -3.40. The van der Waals surface area contributed by atoms with Gasteiger partial charge in [-0.25, -0.2) is 14.2 Å². The Balaban J connectivity index is 1.14. The molecular formula is C31H33ClFN3O5. The highest BCUT2D eigenvalue weighted by atomic mass is 35.5. The minimum absolute atomic E-state index is 0.0883. The molecule has 41 heavy (non-hydrogen) atoms. The van der Waals surface area contributed by atoms with Crippen molar-refractivity contribution in [2.75, 3.05) is 19.7 Å². The third-order valence-electron chi connectivity index (χ3n) is 8.05. The number of nitrogens with zero attached hydrogens (tertiary/aromatic N) is 3. The van der Waals surface area contributed by atoms with E-state index in [1.165, 1.54) is 6.07 Å². The molecule has 0 saturated carbocycles. The van der Waals surface area contributed by atoms with E-state index >= 15 is 0 Å². The molecule has 3 aliphatic rings. The average molecular weight is 582 g/mol. The van der Waals surface area contributed by atoms with Crippen LogP contribution in [0.2, 0.25) is 5.02 Å². The molecule has 4 heterocycles. The second-order valence-electron chi connectivity index (χ2n) is 11.1. The quantitative estimate of drug-likeness (QED) is 0.240. The zero-order valence-corrected chi connectivity index (χ0v) is 24.0. The van der Waals surface area contributed by atoms with Crippen LogP contribution in [0.4, 0.5) is 4.39 Å². The number of benzene rings is 2. The Morgan fingerprint density at radius 2 is 2.00 bits per heavy atom. The van der Waals surface area contributed by atoms with Crippen LogP contribution < -0.4 is 14.2 Å². The maximum Gasteiger partial charge on any atom is 0.339 e. The number of aromatic nitrogens is 2. The predicted octanol–water partition coefficient (Wildman–Crippen LogP) is 5.97. The van der Waals surface area contributed by atoms with Crippen molar-refractivity contribution >= 4 is 17.6 Å². The van der Waals surface area contributed by atoms with Crippen LogP contribution in [0.25, 0.3) is 0 Å². The van der Waals surface area contributed by atoms with E-state index in [4.69, 9.17) is 30.5 Å². The number of likely N-dealkylation sites (tertiary alicyclic amines) is 1. The van der Waals surface area contributed by atoms with Crippen molar-refractivity contribution in [2.45, 2.75) is 64.0 Å². The lowest BCUT2D eigenvalue weighted by Gasteiger charge is -2.33. The predicted molar refractivity (Wildman–Crippen MR) is 151 cm³/mol. The lowest BCUT2D eigenvalue weighted by atomic mass is 9.88. The van der Waals surface area contributed by atoms with Gasteiger partial charge in [0.25, 0.3) is 5.79 Å². The van der Waals surface area contributed by atoms with Crippen LogP contribution >= 0.6 is 11.6 Å². The number of para-hydroxylation sites is 1. The van der Waals surface area contributed by atoms with Gasteiger partial charge in [0, 0.05) is 29.7 Å². The number of hydrogen-bond acceptors (Lipinski definition) is 7. The van der Waals surface area contributed by atoms with Crippen molar-refractivity contribution < 1.29 is 28.1 Å². The fourth-order valence-corrected chi connectivity index (χ4v) is 5.81. The summed E-state index contributed by atoms with van der Waals surface area (Å²) in [5.74, 6) is 0.573. The Labute approximate surface area is 243 Å². The molecule has 1 unspecified atom stereocenters. The van der Waals surface area contributed by atoms with E-state index in [1.807, 2.05) is 16.7 Å². The monoisotopic (exact) mass is 581 g/mol. The molecule has 2 saturated heterocycles. The topological polar surface area (TPSA) is 75.0 Å². The largest absolute Gasteiger partial charge is 0.444 e. The first-order chi connectivity index (χ1) is 19.7. The van der Waals surface area contributed by atoms with Crippen LogP contribution in [-0.2, 0) is 28.4 Å². The number of piperidine rings is 1. The summed E-state index contributed by atoms with van der Waals surface area (Å²) in [6.45, 7) is 10.7. The molecular weight excluding hydrogens is 549 g/mol. The molecule has 0 spiro atoms. The third-order valence-corrected chi connectivity index (χ3v) is 8.29.